The Morgan fingerprint density at radius 2 is 1.96 bits per heavy atom. The van der Waals surface area contributed by atoms with Crippen molar-refractivity contribution >= 4 is 27.3 Å². The highest BCUT2D eigenvalue weighted by Crippen LogP contribution is 2.27. The number of piperidine rings is 1. The molecule has 0 unspecified atom stereocenters. The Morgan fingerprint density at radius 3 is 2.52 bits per heavy atom. The lowest BCUT2D eigenvalue weighted by molar-refractivity contribution is 0.0773. The van der Waals surface area contributed by atoms with Crippen LogP contribution in [0.1, 0.15) is 50.8 Å². The van der Waals surface area contributed by atoms with Crippen LogP contribution < -0.4 is 0 Å². The number of hydrogen-bond donors (Lipinski definition) is 0. The summed E-state index contributed by atoms with van der Waals surface area (Å²) in [5, 5.41) is 4.88. The molecular formula is C16H23N5O4S2. The van der Waals surface area contributed by atoms with Crippen LogP contribution in [-0.4, -0.2) is 65.0 Å². The van der Waals surface area contributed by atoms with E-state index in [1.165, 1.54) is 26.8 Å². The molecule has 1 saturated heterocycles. The first-order valence-electron chi connectivity index (χ1n) is 8.62. The zero-order valence-corrected chi connectivity index (χ0v) is 17.4. The van der Waals surface area contributed by atoms with Crippen LogP contribution in [0.15, 0.2) is 4.52 Å². The molecular weight excluding hydrogens is 390 g/mol. The fraction of sp³-hybridized carbons (Fsp3) is 0.625. The van der Waals surface area contributed by atoms with Gasteiger partial charge in [-0.2, -0.15) is 4.98 Å². The zero-order valence-electron chi connectivity index (χ0n) is 15.8. The molecule has 0 aliphatic carbocycles. The van der Waals surface area contributed by atoms with Gasteiger partial charge in [0, 0.05) is 26.1 Å². The molecule has 0 radical (unpaired) electrons. The second-order valence-electron chi connectivity index (χ2n) is 6.79. The minimum absolute atomic E-state index is 0.0629. The summed E-state index contributed by atoms with van der Waals surface area (Å²) < 4.78 is 30.0. The van der Waals surface area contributed by atoms with E-state index < -0.39 is 10.0 Å². The summed E-state index contributed by atoms with van der Waals surface area (Å²) in [7, 11) is -1.47. The highest BCUT2D eigenvalue weighted by Gasteiger charge is 2.29. The predicted octanol–water partition coefficient (Wildman–Crippen LogP) is 1.55. The minimum atomic E-state index is -3.16. The van der Waals surface area contributed by atoms with E-state index in [1.54, 1.807) is 7.05 Å². The third-order valence-electron chi connectivity index (χ3n) is 4.59. The number of hydrogen-bond acceptors (Lipinski definition) is 8. The van der Waals surface area contributed by atoms with Crippen LogP contribution >= 0.6 is 11.3 Å². The molecule has 2 aromatic rings. The summed E-state index contributed by atoms with van der Waals surface area (Å²) in [6, 6.07) is 0. The highest BCUT2D eigenvalue weighted by atomic mass is 32.2. The van der Waals surface area contributed by atoms with Crippen LogP contribution in [0.4, 0.5) is 0 Å². The second kappa shape index (κ2) is 7.64. The van der Waals surface area contributed by atoms with Crippen molar-refractivity contribution in [3.63, 3.8) is 0 Å². The first-order chi connectivity index (χ1) is 12.6. The molecule has 0 atom stereocenters. The molecule has 1 aliphatic rings. The van der Waals surface area contributed by atoms with Gasteiger partial charge in [-0.05, 0) is 26.7 Å². The molecule has 148 valence electrons. The summed E-state index contributed by atoms with van der Waals surface area (Å²) >= 11 is 1.37. The maximum atomic E-state index is 12.6. The quantitative estimate of drug-likeness (QED) is 0.731. The van der Waals surface area contributed by atoms with E-state index in [1.807, 2.05) is 13.8 Å². The Hall–Kier alpha value is -1.85. The Balaban J connectivity index is 1.61. The van der Waals surface area contributed by atoms with E-state index in [4.69, 9.17) is 4.52 Å². The maximum Gasteiger partial charge on any atom is 0.266 e. The lowest BCUT2D eigenvalue weighted by Crippen LogP contribution is -2.37. The van der Waals surface area contributed by atoms with Crippen LogP contribution in [-0.2, 0) is 16.6 Å². The van der Waals surface area contributed by atoms with Crippen molar-refractivity contribution in [2.45, 2.75) is 39.2 Å². The molecule has 3 heterocycles. The molecule has 1 fully saturated rings. The highest BCUT2D eigenvalue weighted by molar-refractivity contribution is 7.88. The second-order valence-corrected chi connectivity index (χ2v) is 9.98. The van der Waals surface area contributed by atoms with Gasteiger partial charge in [0.15, 0.2) is 5.82 Å². The number of nitrogens with zero attached hydrogens (tertiary/aromatic N) is 5. The summed E-state index contributed by atoms with van der Waals surface area (Å²) in [5.74, 6) is 0.876. The van der Waals surface area contributed by atoms with Gasteiger partial charge in [0.25, 0.3) is 5.91 Å². The van der Waals surface area contributed by atoms with Gasteiger partial charge in [-0.25, -0.2) is 17.7 Å². The molecule has 2 aromatic heterocycles. The maximum absolute atomic E-state index is 12.6. The van der Waals surface area contributed by atoms with E-state index >= 15 is 0 Å². The normalized spacial score (nSPS) is 16.6. The largest absolute Gasteiger partial charge is 0.337 e. The lowest BCUT2D eigenvalue weighted by atomic mass is 9.98. The molecule has 11 heteroatoms. The van der Waals surface area contributed by atoms with Crippen molar-refractivity contribution in [3.05, 3.63) is 27.3 Å². The zero-order chi connectivity index (χ0) is 19.8. The summed E-state index contributed by atoms with van der Waals surface area (Å²) in [6.45, 7) is 4.81. The van der Waals surface area contributed by atoms with Crippen LogP contribution in [0, 0.1) is 13.8 Å². The average molecular weight is 414 g/mol. The van der Waals surface area contributed by atoms with Crippen LogP contribution in [0.3, 0.4) is 0 Å². The van der Waals surface area contributed by atoms with E-state index in [2.05, 4.69) is 15.1 Å². The number of thiazole rings is 1. The van der Waals surface area contributed by atoms with Crippen molar-refractivity contribution in [2.24, 2.45) is 0 Å². The Bertz CT molecular complexity index is 929. The molecule has 0 spiro atoms. The fourth-order valence-electron chi connectivity index (χ4n) is 3.12. The number of amides is 1. The van der Waals surface area contributed by atoms with Crippen LogP contribution in [0.25, 0.3) is 0 Å². The molecule has 0 aromatic carbocycles. The van der Waals surface area contributed by atoms with Crippen molar-refractivity contribution in [2.75, 3.05) is 26.4 Å². The standard InChI is InChI=1S/C16H23N5O4S2/c1-10-14(26-11(2)17-10)16(22)20(3)9-13-18-15(19-25-13)12-5-7-21(8-6-12)27(4,23)24/h12H,5-9H2,1-4H3. The van der Waals surface area contributed by atoms with Gasteiger partial charge in [-0.1, -0.05) is 5.16 Å². The molecule has 9 nitrogen and oxygen atoms in total. The third-order valence-corrected chi connectivity index (χ3v) is 6.95. The molecule has 3 rings (SSSR count). The Labute approximate surface area is 162 Å². The number of sulfonamides is 1. The van der Waals surface area contributed by atoms with E-state index in [9.17, 15) is 13.2 Å². The Kier molecular flexibility index (Phi) is 5.63. The van der Waals surface area contributed by atoms with Crippen LogP contribution in [0.5, 0.6) is 0 Å². The van der Waals surface area contributed by atoms with Gasteiger partial charge in [-0.15, -0.1) is 11.3 Å². The number of carbonyl (C=O) groups is 1. The van der Waals surface area contributed by atoms with Gasteiger partial charge in [0.05, 0.1) is 17.0 Å². The first kappa shape index (κ1) is 19.9. The van der Waals surface area contributed by atoms with Crippen LogP contribution in [0.2, 0.25) is 0 Å². The van der Waals surface area contributed by atoms with Crippen molar-refractivity contribution in [3.8, 4) is 0 Å². The van der Waals surface area contributed by atoms with Crippen molar-refractivity contribution < 1.29 is 17.7 Å². The van der Waals surface area contributed by atoms with E-state index in [0.29, 0.717) is 42.5 Å². The summed E-state index contributed by atoms with van der Waals surface area (Å²) in [6.07, 6.45) is 2.53. The van der Waals surface area contributed by atoms with Gasteiger partial charge >= 0.3 is 0 Å². The topological polar surface area (TPSA) is 110 Å². The van der Waals surface area contributed by atoms with Crippen molar-refractivity contribution in [1.82, 2.24) is 24.3 Å². The molecule has 0 saturated carbocycles. The number of aromatic nitrogens is 3. The van der Waals surface area contributed by atoms with Gasteiger partial charge in [-0.3, -0.25) is 4.79 Å². The van der Waals surface area contributed by atoms with Gasteiger partial charge in [0.1, 0.15) is 11.4 Å². The van der Waals surface area contributed by atoms with Crippen molar-refractivity contribution in [1.29, 1.82) is 0 Å². The monoisotopic (exact) mass is 413 g/mol. The fourth-order valence-corrected chi connectivity index (χ4v) is 4.91. The molecule has 27 heavy (non-hydrogen) atoms. The van der Waals surface area contributed by atoms with E-state index in [0.717, 1.165) is 10.7 Å². The summed E-state index contributed by atoms with van der Waals surface area (Å²) in [5.41, 5.74) is 0.721. The average Bonchev–Trinajstić information content (AvgIpc) is 3.19. The number of aryl methyl sites for hydroxylation is 2. The Morgan fingerprint density at radius 1 is 1.30 bits per heavy atom. The van der Waals surface area contributed by atoms with E-state index in [-0.39, 0.29) is 18.4 Å². The number of carbonyl (C=O) groups excluding carboxylic acids is 1. The SMILES string of the molecule is Cc1nc(C)c(C(=O)N(C)Cc2nc(C3CCN(S(C)(=O)=O)CC3)no2)s1. The molecule has 1 amide bonds. The predicted molar refractivity (Wildman–Crippen MR) is 100 cm³/mol. The molecule has 0 bridgehead atoms. The molecule has 1 aliphatic heterocycles. The molecule has 0 N–H and O–H groups in total. The third kappa shape index (κ3) is 4.53. The minimum Gasteiger partial charge on any atom is -0.337 e. The lowest BCUT2D eigenvalue weighted by Gasteiger charge is -2.28. The smallest absolute Gasteiger partial charge is 0.266 e. The van der Waals surface area contributed by atoms with Gasteiger partial charge < -0.3 is 9.42 Å². The van der Waals surface area contributed by atoms with Gasteiger partial charge in [0.2, 0.25) is 15.9 Å². The first-order valence-corrected chi connectivity index (χ1v) is 11.3. The summed E-state index contributed by atoms with van der Waals surface area (Å²) in [4.78, 5) is 23.4. The number of rotatable bonds is 5.